The smallest absolute Gasteiger partial charge is 0.477 e. The summed E-state index contributed by atoms with van der Waals surface area (Å²) in [5, 5.41) is 29.1. The number of carbonyl (C=O) groups is 1. The largest absolute Gasteiger partial charge is 0.506 e. The maximum atomic E-state index is 13.5. The van der Waals surface area contributed by atoms with E-state index in [2.05, 4.69) is 15.0 Å². The van der Waals surface area contributed by atoms with Gasteiger partial charge in [0.2, 0.25) is 0 Å². The number of aromatic hydroxyl groups is 2. The summed E-state index contributed by atoms with van der Waals surface area (Å²) in [7, 11) is -3.73. The molecule has 3 aromatic carbocycles. The van der Waals surface area contributed by atoms with Crippen molar-refractivity contribution in [3.8, 4) is 11.5 Å². The molecule has 0 saturated carbocycles. The number of phenolic OH excluding ortho intramolecular Hbond substituents is 2. The molecule has 204 valence electrons. The molecule has 0 spiro atoms. The number of nitrogens with zero attached hydrogens (tertiary/aromatic N) is 2. The molecule has 0 radical (unpaired) electrons. The van der Waals surface area contributed by atoms with Crippen molar-refractivity contribution in [3.05, 3.63) is 48.5 Å². The minimum Gasteiger partial charge on any atom is -0.506 e. The van der Waals surface area contributed by atoms with Crippen molar-refractivity contribution in [1.29, 1.82) is 0 Å². The van der Waals surface area contributed by atoms with E-state index in [-0.39, 0.29) is 21.4 Å². The minimum absolute atomic E-state index is 0.135. The monoisotopic (exact) mass is 569 g/mol. The van der Waals surface area contributed by atoms with Gasteiger partial charge in [-0.2, -0.15) is 30.7 Å². The van der Waals surface area contributed by atoms with Gasteiger partial charge in [-0.25, -0.2) is 13.2 Å². The van der Waals surface area contributed by atoms with Crippen LogP contribution in [0, 0.1) is 0 Å². The molecule has 0 fully saturated rings. The fourth-order valence-corrected chi connectivity index (χ4v) is 3.59. The number of hydrogen-bond acceptors (Lipinski definition) is 8. The van der Waals surface area contributed by atoms with Crippen molar-refractivity contribution in [2.75, 3.05) is 11.6 Å². The standard InChI is InChI=1S/C21H14F7N3O6S/c1-38(35,36)11-6-8-14(32)13(9-11)30-31-17-15(33)7-5-10-3-2-4-12(16(10)17)29-18(34)37-21(27,28)19(22,23)20(24,25)26/h2-9,32-33H,1H3,(H,29,34). The highest BCUT2D eigenvalue weighted by Gasteiger charge is 2.76. The molecule has 3 aromatic rings. The number of ether oxygens (including phenoxy) is 1. The highest BCUT2D eigenvalue weighted by atomic mass is 32.2. The summed E-state index contributed by atoms with van der Waals surface area (Å²) in [5.74, 6) is -7.89. The van der Waals surface area contributed by atoms with Gasteiger partial charge in [-0.15, -0.1) is 10.2 Å². The Hall–Kier alpha value is -4.15. The van der Waals surface area contributed by atoms with Gasteiger partial charge in [0.15, 0.2) is 9.84 Å². The molecule has 0 atom stereocenters. The maximum Gasteiger partial charge on any atom is 0.477 e. The number of sulfone groups is 1. The first-order valence-corrected chi connectivity index (χ1v) is 11.8. The number of rotatable bonds is 6. The lowest BCUT2D eigenvalue weighted by Gasteiger charge is -2.27. The van der Waals surface area contributed by atoms with E-state index < -0.39 is 57.0 Å². The summed E-state index contributed by atoms with van der Waals surface area (Å²) in [6.45, 7) is 0. The number of anilines is 1. The van der Waals surface area contributed by atoms with Crippen molar-refractivity contribution in [3.63, 3.8) is 0 Å². The van der Waals surface area contributed by atoms with Crippen molar-refractivity contribution in [2.45, 2.75) is 23.1 Å². The van der Waals surface area contributed by atoms with Crippen LogP contribution in [0.25, 0.3) is 10.8 Å². The van der Waals surface area contributed by atoms with E-state index in [1.807, 2.05) is 0 Å². The number of benzene rings is 3. The first kappa shape index (κ1) is 28.4. The van der Waals surface area contributed by atoms with Crippen LogP contribution in [0.15, 0.2) is 63.7 Å². The van der Waals surface area contributed by atoms with Crippen LogP contribution in [0.5, 0.6) is 11.5 Å². The first-order chi connectivity index (χ1) is 17.3. The number of hydrogen-bond donors (Lipinski definition) is 3. The average Bonchev–Trinajstić information content (AvgIpc) is 2.77. The molecule has 0 aromatic heterocycles. The van der Waals surface area contributed by atoms with Crippen molar-refractivity contribution < 1.29 is 58.9 Å². The van der Waals surface area contributed by atoms with Gasteiger partial charge in [0.05, 0.1) is 10.6 Å². The van der Waals surface area contributed by atoms with Crippen LogP contribution >= 0.6 is 0 Å². The second-order valence-corrected chi connectivity index (χ2v) is 9.58. The van der Waals surface area contributed by atoms with Crippen molar-refractivity contribution in [2.24, 2.45) is 10.2 Å². The molecule has 0 heterocycles. The summed E-state index contributed by atoms with van der Waals surface area (Å²) in [6, 6.07) is 8.91. The number of phenols is 2. The minimum atomic E-state index is -6.74. The molecule has 0 unspecified atom stereocenters. The Bertz CT molecular complexity index is 1540. The molecule has 17 heteroatoms. The van der Waals surface area contributed by atoms with Crippen LogP contribution in [0.1, 0.15) is 0 Å². The van der Waals surface area contributed by atoms with Crippen LogP contribution in [0.2, 0.25) is 0 Å². The third kappa shape index (κ3) is 5.56. The molecular formula is C21H14F7N3O6S. The van der Waals surface area contributed by atoms with E-state index in [9.17, 15) is 54.2 Å². The van der Waals surface area contributed by atoms with E-state index in [4.69, 9.17) is 0 Å². The third-order valence-corrected chi connectivity index (χ3v) is 5.92. The summed E-state index contributed by atoms with van der Waals surface area (Å²) in [5.41, 5.74) is -1.41. The Morgan fingerprint density at radius 3 is 2.16 bits per heavy atom. The Morgan fingerprint density at radius 2 is 1.55 bits per heavy atom. The molecule has 3 rings (SSSR count). The lowest BCUT2D eigenvalue weighted by atomic mass is 10.1. The number of azo groups is 1. The summed E-state index contributed by atoms with van der Waals surface area (Å²) in [4.78, 5) is 11.6. The molecule has 9 nitrogen and oxygen atoms in total. The zero-order chi connectivity index (χ0) is 28.7. The van der Waals surface area contributed by atoms with Crippen LogP contribution in [0.4, 0.5) is 52.6 Å². The van der Waals surface area contributed by atoms with E-state index in [0.29, 0.717) is 0 Å². The van der Waals surface area contributed by atoms with Crippen LogP contribution in [-0.4, -0.2) is 49.2 Å². The second-order valence-electron chi connectivity index (χ2n) is 7.56. The Morgan fingerprint density at radius 1 is 0.921 bits per heavy atom. The van der Waals surface area contributed by atoms with Gasteiger partial charge < -0.3 is 14.9 Å². The predicted molar refractivity (Wildman–Crippen MR) is 117 cm³/mol. The lowest BCUT2D eigenvalue weighted by molar-refractivity contribution is -0.408. The molecule has 0 aliphatic carbocycles. The summed E-state index contributed by atoms with van der Waals surface area (Å²) < 4.78 is 117. The molecule has 38 heavy (non-hydrogen) atoms. The highest BCUT2D eigenvalue weighted by molar-refractivity contribution is 7.90. The summed E-state index contributed by atoms with van der Waals surface area (Å²) >= 11 is 0. The van der Waals surface area contributed by atoms with E-state index in [1.165, 1.54) is 18.2 Å². The van der Waals surface area contributed by atoms with E-state index >= 15 is 0 Å². The molecule has 0 saturated heterocycles. The normalized spacial score (nSPS) is 13.2. The van der Waals surface area contributed by atoms with Crippen LogP contribution < -0.4 is 5.32 Å². The zero-order valence-electron chi connectivity index (χ0n) is 18.6. The molecule has 0 bridgehead atoms. The maximum absolute atomic E-state index is 13.5. The zero-order valence-corrected chi connectivity index (χ0v) is 19.4. The summed E-state index contributed by atoms with van der Waals surface area (Å²) in [6.07, 6.45) is -14.6. The fraction of sp³-hybridized carbons (Fsp3) is 0.190. The van der Waals surface area contributed by atoms with Gasteiger partial charge in [0.1, 0.15) is 22.9 Å². The van der Waals surface area contributed by atoms with Crippen LogP contribution in [0.3, 0.4) is 0 Å². The van der Waals surface area contributed by atoms with Gasteiger partial charge in [-0.3, -0.25) is 5.32 Å². The van der Waals surface area contributed by atoms with Crippen LogP contribution in [-0.2, 0) is 14.6 Å². The molecular weight excluding hydrogens is 555 g/mol. The number of alkyl halides is 7. The molecule has 1 amide bonds. The number of nitrogens with one attached hydrogen (secondary N) is 1. The Balaban J connectivity index is 2.03. The molecule has 0 aliphatic rings. The highest BCUT2D eigenvalue weighted by Crippen LogP contribution is 2.47. The van der Waals surface area contributed by atoms with Gasteiger partial charge >= 0.3 is 24.3 Å². The fourth-order valence-electron chi connectivity index (χ4n) is 2.95. The second kappa shape index (κ2) is 9.62. The SMILES string of the molecule is CS(=O)(=O)c1ccc(O)c(N=Nc2c(O)ccc3cccc(NC(=O)OC(F)(F)C(F)(F)C(F)(F)F)c23)c1. The predicted octanol–water partition coefficient (Wildman–Crippen LogP) is 6.41. The number of amides is 1. The number of fused-ring (bicyclic) bond motifs is 1. The van der Waals surface area contributed by atoms with Gasteiger partial charge in [-0.05, 0) is 35.7 Å². The van der Waals surface area contributed by atoms with E-state index in [0.717, 1.165) is 36.6 Å². The molecule has 3 N–H and O–H groups in total. The Kier molecular flexibility index (Phi) is 7.20. The van der Waals surface area contributed by atoms with E-state index in [1.54, 1.807) is 5.32 Å². The lowest BCUT2D eigenvalue weighted by Crippen LogP contribution is -2.54. The topological polar surface area (TPSA) is 138 Å². The number of carbonyl (C=O) groups excluding carboxylic acids is 1. The average molecular weight is 569 g/mol. The van der Waals surface area contributed by atoms with Gasteiger partial charge in [0.25, 0.3) is 0 Å². The first-order valence-electron chi connectivity index (χ1n) is 9.87. The van der Waals surface area contributed by atoms with Crippen molar-refractivity contribution >= 4 is 43.8 Å². The van der Waals surface area contributed by atoms with Crippen molar-refractivity contribution in [1.82, 2.24) is 0 Å². The Labute approximate surface area is 208 Å². The quantitative estimate of drug-likeness (QED) is 0.232. The van der Waals surface area contributed by atoms with Gasteiger partial charge in [0, 0.05) is 11.6 Å². The molecule has 0 aliphatic heterocycles. The third-order valence-electron chi connectivity index (χ3n) is 4.81. The number of halogens is 7. The van der Waals surface area contributed by atoms with Gasteiger partial charge in [-0.1, -0.05) is 18.2 Å².